The molecule has 1 atom stereocenters. The van der Waals surface area contributed by atoms with Crippen molar-refractivity contribution in [2.45, 2.75) is 32.8 Å². The number of hydrogen-bond donors (Lipinski definition) is 1. The van der Waals surface area contributed by atoms with Gasteiger partial charge in [-0.3, -0.25) is 4.79 Å². The van der Waals surface area contributed by atoms with E-state index in [1.165, 1.54) is 13.2 Å². The first-order valence-corrected chi connectivity index (χ1v) is 6.45. The van der Waals surface area contributed by atoms with E-state index in [0.29, 0.717) is 22.1 Å². The second-order valence-electron chi connectivity index (χ2n) is 4.32. The molecule has 1 aromatic rings. The fraction of sp³-hybridized carbons (Fsp3) is 0.462. The number of aryl methyl sites for hydroxylation is 1. The summed E-state index contributed by atoms with van der Waals surface area (Å²) < 4.78 is 18.8. The van der Waals surface area contributed by atoms with Gasteiger partial charge in [-0.15, -0.1) is 0 Å². The molecule has 1 N–H and O–H groups in total. The smallest absolute Gasteiger partial charge is 0.256 e. The van der Waals surface area contributed by atoms with Gasteiger partial charge in [0.25, 0.3) is 5.91 Å². The maximum Gasteiger partial charge on any atom is 0.256 e. The van der Waals surface area contributed by atoms with Gasteiger partial charge >= 0.3 is 0 Å². The van der Waals surface area contributed by atoms with Crippen LogP contribution >= 0.6 is 15.9 Å². The minimum absolute atomic E-state index is 0.242. The summed E-state index contributed by atoms with van der Waals surface area (Å²) in [5.41, 5.74) is 0.358. The Morgan fingerprint density at radius 1 is 1.56 bits per heavy atom. The SMILES string of the molecule is CCC(C)(OC)C(=O)Nc1cc(Br)c(F)cc1C. The van der Waals surface area contributed by atoms with Crippen molar-refractivity contribution < 1.29 is 13.9 Å². The van der Waals surface area contributed by atoms with Crippen LogP contribution in [0.5, 0.6) is 0 Å². The van der Waals surface area contributed by atoms with Gasteiger partial charge < -0.3 is 10.1 Å². The molecule has 0 aromatic heterocycles. The number of carbonyl (C=O) groups is 1. The van der Waals surface area contributed by atoms with Crippen LogP contribution < -0.4 is 5.32 Å². The molecule has 1 unspecified atom stereocenters. The lowest BCUT2D eigenvalue weighted by Gasteiger charge is -2.25. The summed E-state index contributed by atoms with van der Waals surface area (Å²) in [5, 5.41) is 2.76. The predicted octanol–water partition coefficient (Wildman–Crippen LogP) is 3.65. The zero-order valence-corrected chi connectivity index (χ0v) is 12.5. The molecule has 0 bridgehead atoms. The molecule has 0 fully saturated rings. The van der Waals surface area contributed by atoms with Gasteiger partial charge in [0.05, 0.1) is 4.47 Å². The first kappa shape index (κ1) is 15.1. The van der Waals surface area contributed by atoms with Crippen LogP contribution in [0, 0.1) is 12.7 Å². The molecule has 1 rings (SSSR count). The van der Waals surface area contributed by atoms with Crippen LogP contribution in [0.25, 0.3) is 0 Å². The van der Waals surface area contributed by atoms with E-state index in [2.05, 4.69) is 21.2 Å². The van der Waals surface area contributed by atoms with Crippen molar-refractivity contribution in [2.75, 3.05) is 12.4 Å². The van der Waals surface area contributed by atoms with Crippen molar-refractivity contribution in [3.05, 3.63) is 28.0 Å². The summed E-state index contributed by atoms with van der Waals surface area (Å²) in [5.74, 6) is -0.593. The Kier molecular flexibility index (Phi) is 4.87. The molecule has 18 heavy (non-hydrogen) atoms. The highest BCUT2D eigenvalue weighted by Gasteiger charge is 2.31. The number of anilines is 1. The summed E-state index contributed by atoms with van der Waals surface area (Å²) in [4.78, 5) is 12.1. The van der Waals surface area contributed by atoms with Crippen molar-refractivity contribution in [1.29, 1.82) is 0 Å². The second-order valence-corrected chi connectivity index (χ2v) is 5.18. The lowest BCUT2D eigenvalue weighted by atomic mass is 10.0. The number of halogens is 2. The summed E-state index contributed by atoms with van der Waals surface area (Å²) in [6.45, 7) is 5.33. The largest absolute Gasteiger partial charge is 0.369 e. The Labute approximate surface area is 115 Å². The molecule has 0 heterocycles. The first-order valence-electron chi connectivity index (χ1n) is 5.66. The van der Waals surface area contributed by atoms with E-state index in [-0.39, 0.29) is 11.7 Å². The lowest BCUT2D eigenvalue weighted by Crippen LogP contribution is -2.41. The van der Waals surface area contributed by atoms with Gasteiger partial charge in [0.2, 0.25) is 0 Å². The highest BCUT2D eigenvalue weighted by atomic mass is 79.9. The molecule has 0 radical (unpaired) electrons. The maximum absolute atomic E-state index is 13.3. The molecule has 1 aromatic carbocycles. The highest BCUT2D eigenvalue weighted by Crippen LogP contribution is 2.26. The molecule has 1 amide bonds. The zero-order valence-electron chi connectivity index (χ0n) is 10.9. The number of carbonyl (C=O) groups excluding carboxylic acids is 1. The molecule has 0 aliphatic rings. The topological polar surface area (TPSA) is 38.3 Å². The molecule has 0 aliphatic carbocycles. The minimum atomic E-state index is -0.882. The third kappa shape index (κ3) is 3.09. The number of hydrogen-bond acceptors (Lipinski definition) is 2. The number of nitrogens with one attached hydrogen (secondary N) is 1. The summed E-state index contributed by atoms with van der Waals surface area (Å²) in [6, 6.07) is 2.92. The average Bonchev–Trinajstić information content (AvgIpc) is 2.34. The van der Waals surface area contributed by atoms with E-state index >= 15 is 0 Å². The number of methoxy groups -OCH3 is 1. The van der Waals surface area contributed by atoms with Gasteiger partial charge in [-0.05, 0) is 53.9 Å². The predicted molar refractivity (Wildman–Crippen MR) is 73.2 cm³/mol. The van der Waals surface area contributed by atoms with Crippen LogP contribution in [-0.4, -0.2) is 18.6 Å². The van der Waals surface area contributed by atoms with Crippen LogP contribution in [-0.2, 0) is 9.53 Å². The van der Waals surface area contributed by atoms with Crippen molar-refractivity contribution in [3.63, 3.8) is 0 Å². The first-order chi connectivity index (χ1) is 8.34. The minimum Gasteiger partial charge on any atom is -0.369 e. The Bertz CT molecular complexity index is 459. The van der Waals surface area contributed by atoms with E-state index in [9.17, 15) is 9.18 Å². The number of ether oxygens (including phenoxy) is 1. The summed E-state index contributed by atoms with van der Waals surface area (Å²) in [7, 11) is 1.50. The standard InChI is InChI=1S/C13H17BrFNO2/c1-5-13(3,18-4)12(17)16-11-7-9(14)10(15)6-8(11)2/h6-7H,5H2,1-4H3,(H,16,17). The van der Waals surface area contributed by atoms with Gasteiger partial charge in [0.1, 0.15) is 11.4 Å². The quantitative estimate of drug-likeness (QED) is 0.920. The Morgan fingerprint density at radius 2 is 2.17 bits per heavy atom. The number of benzene rings is 1. The molecule has 100 valence electrons. The number of amides is 1. The van der Waals surface area contributed by atoms with Gasteiger partial charge in [-0.1, -0.05) is 6.92 Å². The average molecular weight is 318 g/mol. The van der Waals surface area contributed by atoms with Crippen LogP contribution in [0.15, 0.2) is 16.6 Å². The van der Waals surface area contributed by atoms with Crippen molar-refractivity contribution >= 4 is 27.5 Å². The highest BCUT2D eigenvalue weighted by molar-refractivity contribution is 9.10. The fourth-order valence-corrected chi connectivity index (χ4v) is 1.78. The van der Waals surface area contributed by atoms with Crippen molar-refractivity contribution in [1.82, 2.24) is 0 Å². The normalized spacial score (nSPS) is 14.1. The molecule has 3 nitrogen and oxygen atoms in total. The van der Waals surface area contributed by atoms with E-state index in [1.54, 1.807) is 19.9 Å². The van der Waals surface area contributed by atoms with Crippen molar-refractivity contribution in [3.8, 4) is 0 Å². The van der Waals surface area contributed by atoms with Crippen LogP contribution in [0.1, 0.15) is 25.8 Å². The van der Waals surface area contributed by atoms with E-state index < -0.39 is 5.60 Å². The molecule has 5 heteroatoms. The third-order valence-electron chi connectivity index (χ3n) is 3.12. The monoisotopic (exact) mass is 317 g/mol. The second kappa shape index (κ2) is 5.80. The lowest BCUT2D eigenvalue weighted by molar-refractivity contribution is -0.136. The van der Waals surface area contributed by atoms with Crippen LogP contribution in [0.3, 0.4) is 0 Å². The molecular formula is C13H17BrFNO2. The molecule has 0 aliphatic heterocycles. The van der Waals surface area contributed by atoms with Crippen molar-refractivity contribution in [2.24, 2.45) is 0 Å². The molecular weight excluding hydrogens is 301 g/mol. The number of rotatable bonds is 4. The Hall–Kier alpha value is -0.940. The summed E-state index contributed by atoms with van der Waals surface area (Å²) >= 11 is 3.10. The summed E-state index contributed by atoms with van der Waals surface area (Å²) in [6.07, 6.45) is 0.552. The Morgan fingerprint density at radius 3 is 2.67 bits per heavy atom. The zero-order chi connectivity index (χ0) is 13.9. The van der Waals surface area contributed by atoms with Gasteiger partial charge in [0.15, 0.2) is 0 Å². The molecule has 0 spiro atoms. The molecule has 0 saturated heterocycles. The third-order valence-corrected chi connectivity index (χ3v) is 3.73. The fourth-order valence-electron chi connectivity index (χ4n) is 1.43. The van der Waals surface area contributed by atoms with Gasteiger partial charge in [-0.25, -0.2) is 4.39 Å². The Balaban J connectivity index is 2.98. The van der Waals surface area contributed by atoms with Crippen LogP contribution in [0.2, 0.25) is 0 Å². The van der Waals surface area contributed by atoms with Crippen LogP contribution in [0.4, 0.5) is 10.1 Å². The molecule has 0 saturated carbocycles. The van der Waals surface area contributed by atoms with E-state index in [0.717, 1.165) is 0 Å². The van der Waals surface area contributed by atoms with E-state index in [4.69, 9.17) is 4.74 Å². The van der Waals surface area contributed by atoms with Gasteiger partial charge in [0, 0.05) is 12.8 Å². The van der Waals surface area contributed by atoms with Gasteiger partial charge in [-0.2, -0.15) is 0 Å². The van der Waals surface area contributed by atoms with E-state index in [1.807, 2.05) is 6.92 Å². The maximum atomic E-state index is 13.3.